The van der Waals surface area contributed by atoms with Crippen molar-refractivity contribution in [1.82, 2.24) is 4.57 Å². The van der Waals surface area contributed by atoms with Crippen molar-refractivity contribution in [3.8, 4) is 0 Å². The van der Waals surface area contributed by atoms with Gasteiger partial charge in [-0.1, -0.05) is 0 Å². The first-order valence-electron chi connectivity index (χ1n) is 6.19. The zero-order valence-corrected chi connectivity index (χ0v) is 11.3. The van der Waals surface area contributed by atoms with E-state index in [2.05, 4.69) is 4.57 Å². The number of aliphatic carboxylic acids is 1. The minimum Gasteiger partial charge on any atom is -0.481 e. The molecule has 1 unspecified atom stereocenters. The number of benzene rings is 1. The van der Waals surface area contributed by atoms with Gasteiger partial charge < -0.3 is 9.67 Å². The quantitative estimate of drug-likeness (QED) is 0.875. The molecule has 0 saturated heterocycles. The number of fused-ring (bicyclic) bond motifs is 3. The Morgan fingerprint density at radius 3 is 3.00 bits per heavy atom. The van der Waals surface area contributed by atoms with Crippen molar-refractivity contribution in [2.45, 2.75) is 30.2 Å². The van der Waals surface area contributed by atoms with E-state index in [0.717, 1.165) is 34.3 Å². The number of hydrogen-bond donors (Lipinski definition) is 1. The molecule has 1 aromatic carbocycles. The van der Waals surface area contributed by atoms with Gasteiger partial charge >= 0.3 is 5.97 Å². The number of carboxylic acids is 1. The van der Waals surface area contributed by atoms with E-state index in [-0.39, 0.29) is 18.3 Å². The van der Waals surface area contributed by atoms with E-state index >= 15 is 0 Å². The van der Waals surface area contributed by atoms with Gasteiger partial charge in [0.15, 0.2) is 0 Å². The molecule has 3 rings (SSSR count). The molecule has 1 N–H and O–H groups in total. The van der Waals surface area contributed by atoms with Gasteiger partial charge in [0.2, 0.25) is 0 Å². The predicted molar refractivity (Wildman–Crippen MR) is 73.3 cm³/mol. The molecule has 1 aromatic heterocycles. The van der Waals surface area contributed by atoms with Crippen molar-refractivity contribution in [2.24, 2.45) is 0 Å². The Kier molecular flexibility index (Phi) is 3.01. The second kappa shape index (κ2) is 4.56. The monoisotopic (exact) mass is 279 g/mol. The summed E-state index contributed by atoms with van der Waals surface area (Å²) in [5, 5.41) is 9.87. The molecule has 3 nitrogen and oxygen atoms in total. The van der Waals surface area contributed by atoms with Gasteiger partial charge in [0, 0.05) is 22.0 Å². The first kappa shape index (κ1) is 12.5. The summed E-state index contributed by atoms with van der Waals surface area (Å²) in [7, 11) is 0. The number of aryl methyl sites for hydroxylation is 1. The average Bonchev–Trinajstić information content (AvgIpc) is 2.87. The predicted octanol–water partition coefficient (Wildman–Crippen LogP) is 3.46. The topological polar surface area (TPSA) is 42.2 Å². The number of rotatable bonds is 3. The summed E-state index contributed by atoms with van der Waals surface area (Å²) in [5.41, 5.74) is 2.09. The highest BCUT2D eigenvalue weighted by molar-refractivity contribution is 7.98. The summed E-state index contributed by atoms with van der Waals surface area (Å²) in [6.07, 6.45) is 3.75. The third-order valence-electron chi connectivity index (χ3n) is 3.67. The van der Waals surface area contributed by atoms with Crippen LogP contribution in [0.25, 0.3) is 10.9 Å². The van der Waals surface area contributed by atoms with Crippen LogP contribution in [0.2, 0.25) is 0 Å². The smallest absolute Gasteiger partial charge is 0.305 e. The molecule has 1 aliphatic rings. The van der Waals surface area contributed by atoms with E-state index in [1.165, 1.54) is 23.9 Å². The van der Waals surface area contributed by atoms with Crippen LogP contribution >= 0.6 is 11.8 Å². The lowest BCUT2D eigenvalue weighted by Gasteiger charge is -2.14. The minimum absolute atomic E-state index is 0.0126. The van der Waals surface area contributed by atoms with E-state index in [9.17, 15) is 9.18 Å². The van der Waals surface area contributed by atoms with E-state index < -0.39 is 5.97 Å². The van der Waals surface area contributed by atoms with Crippen molar-refractivity contribution in [1.29, 1.82) is 0 Å². The fourth-order valence-electron chi connectivity index (χ4n) is 2.96. The fraction of sp³-hybridized carbons (Fsp3) is 0.357. The van der Waals surface area contributed by atoms with Crippen molar-refractivity contribution in [3.63, 3.8) is 0 Å². The molecular formula is C14H14FNO2S. The van der Waals surface area contributed by atoms with Crippen LogP contribution in [0.1, 0.15) is 24.6 Å². The molecule has 5 heteroatoms. The first-order valence-corrected chi connectivity index (χ1v) is 7.41. The summed E-state index contributed by atoms with van der Waals surface area (Å²) in [6.45, 7) is 0. The molecule has 1 aliphatic heterocycles. The van der Waals surface area contributed by atoms with Gasteiger partial charge in [0.1, 0.15) is 5.82 Å². The summed E-state index contributed by atoms with van der Waals surface area (Å²) >= 11 is 1.50. The Labute approximate surface area is 114 Å². The van der Waals surface area contributed by atoms with Gasteiger partial charge in [-0.15, -0.1) is 11.8 Å². The Morgan fingerprint density at radius 2 is 2.32 bits per heavy atom. The molecule has 0 bridgehead atoms. The van der Waals surface area contributed by atoms with Crippen LogP contribution in [0.15, 0.2) is 23.1 Å². The van der Waals surface area contributed by atoms with Crippen molar-refractivity contribution in [2.75, 3.05) is 6.26 Å². The van der Waals surface area contributed by atoms with Crippen LogP contribution in [-0.4, -0.2) is 21.9 Å². The normalized spacial score (nSPS) is 17.9. The Balaban J connectivity index is 2.20. The number of halogens is 1. The summed E-state index contributed by atoms with van der Waals surface area (Å²) < 4.78 is 15.6. The molecule has 0 radical (unpaired) electrons. The van der Waals surface area contributed by atoms with E-state index in [0.29, 0.717) is 0 Å². The van der Waals surface area contributed by atoms with Crippen LogP contribution in [0.5, 0.6) is 0 Å². The largest absolute Gasteiger partial charge is 0.481 e. The van der Waals surface area contributed by atoms with E-state index in [1.54, 1.807) is 0 Å². The molecule has 0 spiro atoms. The second-order valence-corrected chi connectivity index (χ2v) is 5.69. The maximum Gasteiger partial charge on any atom is 0.305 e. The third-order valence-corrected chi connectivity index (χ3v) is 4.42. The lowest BCUT2D eigenvalue weighted by molar-refractivity contribution is -0.137. The van der Waals surface area contributed by atoms with Gasteiger partial charge in [0.05, 0.1) is 11.9 Å². The maximum atomic E-state index is 13.5. The zero-order valence-electron chi connectivity index (χ0n) is 10.5. The maximum absolute atomic E-state index is 13.5. The summed E-state index contributed by atoms with van der Waals surface area (Å²) in [6, 6.07) is 5.02. The highest BCUT2D eigenvalue weighted by Gasteiger charge is 2.27. The summed E-state index contributed by atoms with van der Waals surface area (Å²) in [5.74, 6) is -1.02. The molecule has 19 heavy (non-hydrogen) atoms. The van der Waals surface area contributed by atoms with Gasteiger partial charge in [-0.05, 0) is 37.3 Å². The Morgan fingerprint density at radius 1 is 1.53 bits per heavy atom. The minimum atomic E-state index is -0.785. The number of carboxylic acid groups (broad SMARTS) is 1. The molecule has 2 heterocycles. The zero-order chi connectivity index (χ0) is 13.6. The van der Waals surface area contributed by atoms with Gasteiger partial charge in [-0.25, -0.2) is 4.39 Å². The second-order valence-electron chi connectivity index (χ2n) is 4.84. The van der Waals surface area contributed by atoms with Crippen molar-refractivity contribution in [3.05, 3.63) is 29.7 Å². The highest BCUT2D eigenvalue weighted by Crippen LogP contribution is 2.39. The number of nitrogens with zero attached hydrogens (tertiary/aromatic N) is 1. The number of thioether (sulfide) groups is 1. The van der Waals surface area contributed by atoms with Crippen LogP contribution < -0.4 is 0 Å². The molecule has 0 fully saturated rings. The fourth-order valence-corrected chi connectivity index (χ4v) is 3.60. The third kappa shape index (κ3) is 2.02. The van der Waals surface area contributed by atoms with Crippen LogP contribution in [-0.2, 0) is 11.2 Å². The SMILES string of the molecule is CSc1cc(F)cc2cc3n(c12)C(CC(=O)O)CC3. The molecule has 1 atom stereocenters. The molecule has 0 saturated carbocycles. The number of hydrogen-bond acceptors (Lipinski definition) is 2. The number of carbonyl (C=O) groups is 1. The molecular weight excluding hydrogens is 265 g/mol. The van der Waals surface area contributed by atoms with Crippen LogP contribution in [0, 0.1) is 5.82 Å². The molecule has 0 amide bonds. The van der Waals surface area contributed by atoms with Crippen LogP contribution in [0.3, 0.4) is 0 Å². The van der Waals surface area contributed by atoms with Gasteiger partial charge in [0.25, 0.3) is 0 Å². The average molecular weight is 279 g/mol. The lowest BCUT2D eigenvalue weighted by atomic mass is 10.1. The van der Waals surface area contributed by atoms with E-state index in [1.807, 2.05) is 12.3 Å². The summed E-state index contributed by atoms with van der Waals surface area (Å²) in [4.78, 5) is 11.8. The van der Waals surface area contributed by atoms with E-state index in [4.69, 9.17) is 5.11 Å². The lowest BCUT2D eigenvalue weighted by Crippen LogP contribution is -2.09. The standard InChI is InChI=1S/C14H14FNO2S/c1-19-12-6-9(15)4-8-5-10-2-3-11(7-13(17)18)16(10)14(8)12/h4-6,11H,2-3,7H2,1H3,(H,17,18). The molecule has 100 valence electrons. The molecule has 0 aliphatic carbocycles. The Hall–Kier alpha value is -1.49. The Bertz CT molecular complexity index is 665. The van der Waals surface area contributed by atoms with Gasteiger partial charge in [-0.3, -0.25) is 4.79 Å². The highest BCUT2D eigenvalue weighted by atomic mass is 32.2. The van der Waals surface area contributed by atoms with Crippen LogP contribution in [0.4, 0.5) is 4.39 Å². The number of aromatic nitrogens is 1. The van der Waals surface area contributed by atoms with Gasteiger partial charge in [-0.2, -0.15) is 0 Å². The van der Waals surface area contributed by atoms with Crippen molar-refractivity contribution >= 4 is 28.6 Å². The first-order chi connectivity index (χ1) is 9.10. The molecule has 2 aromatic rings. The van der Waals surface area contributed by atoms with Crippen molar-refractivity contribution < 1.29 is 14.3 Å².